The summed E-state index contributed by atoms with van der Waals surface area (Å²) in [4.78, 5) is 26.5. The van der Waals surface area contributed by atoms with E-state index in [1.807, 2.05) is 14.1 Å². The van der Waals surface area contributed by atoms with Gasteiger partial charge in [0.1, 0.15) is 5.82 Å². The first-order valence-corrected chi connectivity index (χ1v) is 8.09. The van der Waals surface area contributed by atoms with Gasteiger partial charge < -0.3 is 10.2 Å². The van der Waals surface area contributed by atoms with Crippen molar-refractivity contribution < 1.29 is 9.18 Å². The van der Waals surface area contributed by atoms with Crippen LogP contribution >= 0.6 is 0 Å². The summed E-state index contributed by atoms with van der Waals surface area (Å²) in [7, 11) is 3.98. The maximum atomic E-state index is 13.1. The van der Waals surface area contributed by atoms with Crippen molar-refractivity contribution in [3.8, 4) is 5.69 Å². The van der Waals surface area contributed by atoms with E-state index < -0.39 is 0 Å². The van der Waals surface area contributed by atoms with Gasteiger partial charge in [0.05, 0.1) is 5.56 Å². The van der Waals surface area contributed by atoms with Crippen molar-refractivity contribution >= 4 is 5.91 Å². The molecule has 0 unspecified atom stereocenters. The van der Waals surface area contributed by atoms with E-state index in [9.17, 15) is 14.0 Å². The Bertz CT molecular complexity index is 795. The Morgan fingerprint density at radius 2 is 1.80 bits per heavy atom. The maximum Gasteiger partial charge on any atom is 0.255 e. The van der Waals surface area contributed by atoms with Crippen molar-refractivity contribution in [1.82, 2.24) is 14.8 Å². The predicted molar refractivity (Wildman–Crippen MR) is 96.7 cm³/mol. The Hall–Kier alpha value is -2.47. The lowest BCUT2D eigenvalue weighted by molar-refractivity contribution is 0.0928. The minimum atomic E-state index is -0.381. The average Bonchev–Trinajstić information content (AvgIpc) is 2.53. The van der Waals surface area contributed by atoms with Crippen molar-refractivity contribution in [2.24, 2.45) is 5.41 Å². The zero-order valence-electron chi connectivity index (χ0n) is 15.0. The van der Waals surface area contributed by atoms with Crippen molar-refractivity contribution in [2.75, 3.05) is 27.2 Å². The second kappa shape index (κ2) is 7.61. The van der Waals surface area contributed by atoms with Crippen molar-refractivity contribution in [2.45, 2.75) is 13.8 Å². The van der Waals surface area contributed by atoms with E-state index in [0.29, 0.717) is 17.8 Å². The van der Waals surface area contributed by atoms with Crippen LogP contribution in [0.25, 0.3) is 5.69 Å². The van der Waals surface area contributed by atoms with Crippen LogP contribution in [-0.4, -0.2) is 42.6 Å². The van der Waals surface area contributed by atoms with Crippen molar-refractivity contribution in [3.63, 3.8) is 0 Å². The lowest BCUT2D eigenvalue weighted by Gasteiger charge is -2.28. The molecule has 25 heavy (non-hydrogen) atoms. The molecule has 0 spiro atoms. The van der Waals surface area contributed by atoms with Crippen LogP contribution in [0.2, 0.25) is 0 Å². The fourth-order valence-electron chi connectivity index (χ4n) is 2.76. The number of amides is 1. The first-order chi connectivity index (χ1) is 11.7. The summed E-state index contributed by atoms with van der Waals surface area (Å²) in [6.07, 6.45) is 1.48. The molecule has 134 valence electrons. The Morgan fingerprint density at radius 3 is 2.40 bits per heavy atom. The molecule has 0 saturated carbocycles. The molecular weight excluding hydrogens is 321 g/mol. The quantitative estimate of drug-likeness (QED) is 0.874. The van der Waals surface area contributed by atoms with Crippen LogP contribution in [0.4, 0.5) is 4.39 Å². The van der Waals surface area contributed by atoms with Crippen molar-refractivity contribution in [3.05, 3.63) is 64.3 Å². The van der Waals surface area contributed by atoms with Gasteiger partial charge in [0.15, 0.2) is 0 Å². The molecule has 1 aromatic carbocycles. The molecule has 1 N–H and O–H groups in total. The third-order valence-corrected chi connectivity index (χ3v) is 3.75. The molecule has 0 aliphatic carbocycles. The molecule has 1 heterocycles. The summed E-state index contributed by atoms with van der Waals surface area (Å²) in [5.41, 5.74) is 0.527. The van der Waals surface area contributed by atoms with Crippen LogP contribution in [0.15, 0.2) is 47.4 Å². The molecule has 2 rings (SSSR count). The number of hydrogen-bond donors (Lipinski definition) is 1. The third kappa shape index (κ3) is 5.26. The minimum absolute atomic E-state index is 0.0788. The fourth-order valence-corrected chi connectivity index (χ4v) is 2.76. The highest BCUT2D eigenvalue weighted by Crippen LogP contribution is 2.14. The number of benzene rings is 1. The number of pyridine rings is 1. The summed E-state index contributed by atoms with van der Waals surface area (Å²) >= 11 is 0. The van der Waals surface area contributed by atoms with E-state index in [0.717, 1.165) is 6.54 Å². The number of halogens is 1. The SMILES string of the molecule is CN(C)CC(C)(C)CNC(=O)c1ccc(=O)n(-c2ccc(F)cc2)c1. The Kier molecular flexibility index (Phi) is 5.74. The lowest BCUT2D eigenvalue weighted by atomic mass is 9.93. The zero-order valence-corrected chi connectivity index (χ0v) is 15.0. The number of nitrogens with one attached hydrogen (secondary N) is 1. The number of aromatic nitrogens is 1. The molecule has 1 aromatic heterocycles. The maximum absolute atomic E-state index is 13.1. The third-order valence-electron chi connectivity index (χ3n) is 3.75. The van der Waals surface area contributed by atoms with Gasteiger partial charge in [0.2, 0.25) is 0 Å². The van der Waals surface area contributed by atoms with Gasteiger partial charge in [-0.2, -0.15) is 0 Å². The molecule has 2 aromatic rings. The molecule has 1 amide bonds. The van der Waals surface area contributed by atoms with E-state index in [1.165, 1.54) is 47.2 Å². The molecule has 6 heteroatoms. The molecule has 0 aliphatic heterocycles. The van der Waals surface area contributed by atoms with Gasteiger partial charge in [-0.25, -0.2) is 4.39 Å². The standard InChI is InChI=1S/C19H24FN3O2/c1-19(2,13-22(3)4)12-21-18(25)14-5-10-17(24)23(11-14)16-8-6-15(20)7-9-16/h5-11H,12-13H2,1-4H3,(H,21,25). The smallest absolute Gasteiger partial charge is 0.255 e. The normalized spacial score (nSPS) is 11.6. The second-order valence-corrected chi connectivity index (χ2v) is 7.19. The molecule has 0 saturated heterocycles. The number of nitrogens with zero attached hydrogens (tertiary/aromatic N) is 2. The van der Waals surface area contributed by atoms with Gasteiger partial charge in [-0.15, -0.1) is 0 Å². The first kappa shape index (κ1) is 18.9. The van der Waals surface area contributed by atoms with Crippen LogP contribution in [0.5, 0.6) is 0 Å². The highest BCUT2D eigenvalue weighted by Gasteiger charge is 2.20. The molecule has 0 fully saturated rings. The van der Waals surface area contributed by atoms with E-state index >= 15 is 0 Å². The van der Waals surface area contributed by atoms with Gasteiger partial charge in [0.25, 0.3) is 11.5 Å². The van der Waals surface area contributed by atoms with E-state index in [4.69, 9.17) is 0 Å². The summed E-state index contributed by atoms with van der Waals surface area (Å²) < 4.78 is 14.4. The molecule has 0 aliphatic rings. The number of hydrogen-bond acceptors (Lipinski definition) is 3. The Labute approximate surface area is 147 Å². The molecule has 0 bridgehead atoms. The monoisotopic (exact) mass is 345 g/mol. The second-order valence-electron chi connectivity index (χ2n) is 7.19. The van der Waals surface area contributed by atoms with Crippen molar-refractivity contribution in [1.29, 1.82) is 0 Å². The number of carbonyl (C=O) groups is 1. The zero-order chi connectivity index (χ0) is 18.6. The van der Waals surface area contributed by atoms with E-state index in [2.05, 4.69) is 24.1 Å². The molecular formula is C19H24FN3O2. The van der Waals surface area contributed by atoms with Crippen LogP contribution in [0.1, 0.15) is 24.2 Å². The van der Waals surface area contributed by atoms with E-state index in [-0.39, 0.29) is 22.7 Å². The average molecular weight is 345 g/mol. The summed E-state index contributed by atoms with van der Waals surface area (Å²) in [5.74, 6) is -0.628. The predicted octanol–water partition coefficient (Wildman–Crippen LogP) is 2.29. The molecule has 0 atom stereocenters. The number of rotatable bonds is 6. The highest BCUT2D eigenvalue weighted by molar-refractivity contribution is 5.93. The Morgan fingerprint density at radius 1 is 1.16 bits per heavy atom. The summed E-state index contributed by atoms with van der Waals surface area (Å²) in [6.45, 7) is 5.50. The van der Waals surface area contributed by atoms with Gasteiger partial charge in [0, 0.05) is 31.0 Å². The minimum Gasteiger partial charge on any atom is -0.351 e. The van der Waals surface area contributed by atoms with Crippen LogP contribution in [0, 0.1) is 11.2 Å². The van der Waals surface area contributed by atoms with Crippen LogP contribution < -0.4 is 10.9 Å². The number of carbonyl (C=O) groups excluding carboxylic acids is 1. The van der Waals surface area contributed by atoms with Gasteiger partial charge in [-0.1, -0.05) is 13.8 Å². The van der Waals surface area contributed by atoms with Crippen LogP contribution in [-0.2, 0) is 0 Å². The summed E-state index contributed by atoms with van der Waals surface area (Å²) in [6, 6.07) is 8.38. The van der Waals surface area contributed by atoms with E-state index in [1.54, 1.807) is 0 Å². The van der Waals surface area contributed by atoms with Gasteiger partial charge in [-0.05, 0) is 49.8 Å². The topological polar surface area (TPSA) is 54.3 Å². The molecule has 5 nitrogen and oxygen atoms in total. The largest absolute Gasteiger partial charge is 0.351 e. The van der Waals surface area contributed by atoms with Gasteiger partial charge >= 0.3 is 0 Å². The lowest BCUT2D eigenvalue weighted by Crippen LogP contribution is -2.40. The molecule has 0 radical (unpaired) electrons. The van der Waals surface area contributed by atoms with Crippen LogP contribution in [0.3, 0.4) is 0 Å². The fraction of sp³-hybridized carbons (Fsp3) is 0.368. The van der Waals surface area contributed by atoms with Gasteiger partial charge in [-0.3, -0.25) is 14.2 Å². The first-order valence-electron chi connectivity index (χ1n) is 8.09. The Balaban J connectivity index is 2.17. The summed E-state index contributed by atoms with van der Waals surface area (Å²) in [5, 5.41) is 2.91. The highest BCUT2D eigenvalue weighted by atomic mass is 19.1.